The molecule has 0 aliphatic heterocycles. The Morgan fingerprint density at radius 2 is 0.947 bits per heavy atom. The molecule has 12 rings (SSSR count). The molecule has 0 fully saturated rings. The van der Waals surface area contributed by atoms with Crippen molar-refractivity contribution in [3.05, 3.63) is 188 Å². The fraction of sp³-hybridized carbons (Fsp3) is 0. The third-order valence-corrected chi connectivity index (χ3v) is 11.2. The number of hydrogen-bond donors (Lipinski definition) is 0. The topological polar surface area (TPSA) is 61.7 Å². The predicted molar refractivity (Wildman–Crippen MR) is 232 cm³/mol. The Bertz CT molecular complexity index is 3520. The smallest absolute Gasteiger partial charge is 0.238 e. The van der Waals surface area contributed by atoms with Crippen molar-refractivity contribution >= 4 is 65.6 Å². The Morgan fingerprint density at radius 1 is 0.351 bits per heavy atom. The maximum atomic E-state index is 6.29. The second-order valence-corrected chi connectivity index (χ2v) is 14.4. The molecule has 0 atom stereocenters. The Morgan fingerprint density at radius 3 is 1.75 bits per heavy atom. The minimum atomic E-state index is 0.556. The minimum absolute atomic E-state index is 0.556. The van der Waals surface area contributed by atoms with E-state index in [0.717, 1.165) is 88.1 Å². The molecule has 266 valence electrons. The van der Waals surface area contributed by atoms with Gasteiger partial charge in [0.1, 0.15) is 11.2 Å². The summed E-state index contributed by atoms with van der Waals surface area (Å²) in [5, 5.41) is 6.76. The third-order valence-electron chi connectivity index (χ3n) is 11.2. The molecule has 0 saturated heterocycles. The van der Waals surface area contributed by atoms with Gasteiger partial charge in [0.15, 0.2) is 11.6 Å². The molecular formula is C51H31N5O. The summed E-state index contributed by atoms with van der Waals surface area (Å²) >= 11 is 0. The van der Waals surface area contributed by atoms with Gasteiger partial charge in [-0.15, -0.1) is 0 Å². The van der Waals surface area contributed by atoms with Gasteiger partial charge in [0.25, 0.3) is 0 Å². The van der Waals surface area contributed by atoms with Crippen LogP contribution in [0.1, 0.15) is 0 Å². The first-order valence-corrected chi connectivity index (χ1v) is 19.1. The van der Waals surface area contributed by atoms with Crippen LogP contribution in [0.5, 0.6) is 0 Å². The molecule has 12 aromatic rings. The van der Waals surface area contributed by atoms with Gasteiger partial charge in [-0.3, -0.25) is 4.57 Å². The molecule has 0 amide bonds. The van der Waals surface area contributed by atoms with E-state index >= 15 is 0 Å². The maximum Gasteiger partial charge on any atom is 0.238 e. The highest BCUT2D eigenvalue weighted by Gasteiger charge is 2.21. The van der Waals surface area contributed by atoms with E-state index < -0.39 is 0 Å². The average molecular weight is 730 g/mol. The Balaban J connectivity index is 1.11. The monoisotopic (exact) mass is 729 g/mol. The van der Waals surface area contributed by atoms with Crippen molar-refractivity contribution in [1.29, 1.82) is 0 Å². The lowest BCUT2D eigenvalue weighted by Crippen LogP contribution is -2.06. The molecule has 6 heteroatoms. The Hall–Kier alpha value is -7.83. The molecule has 6 nitrogen and oxygen atoms in total. The van der Waals surface area contributed by atoms with Crippen molar-refractivity contribution < 1.29 is 4.42 Å². The van der Waals surface area contributed by atoms with Gasteiger partial charge in [-0.1, -0.05) is 127 Å². The number of rotatable bonds is 5. The molecule has 0 radical (unpaired) electrons. The number of furan rings is 1. The molecule has 4 aromatic heterocycles. The molecule has 4 heterocycles. The first-order valence-electron chi connectivity index (χ1n) is 19.1. The zero-order valence-electron chi connectivity index (χ0n) is 30.5. The van der Waals surface area contributed by atoms with Gasteiger partial charge in [0.2, 0.25) is 5.95 Å². The summed E-state index contributed by atoms with van der Waals surface area (Å²) in [7, 11) is 0. The van der Waals surface area contributed by atoms with Crippen molar-refractivity contribution in [2.75, 3.05) is 0 Å². The normalized spacial score (nSPS) is 11.9. The third kappa shape index (κ3) is 4.87. The standard InChI is InChI=1S/C51H31N5O/c1-3-14-32(15-4-1)49-52-50(34-27-29-44-41(30-34)38-19-8-10-22-42(38)55(44)35-16-5-2-6-17-35)54-51(53-49)56-43-23-11-7-18-37(43)39-28-26-33(31-45(39)56)36-21-13-25-47-48(36)40-20-9-12-24-46(40)57-47/h1-31H. The maximum absolute atomic E-state index is 6.29. The molecule has 0 aliphatic carbocycles. The highest BCUT2D eigenvalue weighted by atomic mass is 16.3. The molecule has 0 N–H and O–H groups in total. The number of benzene rings is 8. The van der Waals surface area contributed by atoms with E-state index in [2.05, 4.69) is 161 Å². The van der Waals surface area contributed by atoms with Crippen LogP contribution in [-0.4, -0.2) is 24.1 Å². The largest absolute Gasteiger partial charge is 0.456 e. The Kier molecular flexibility index (Phi) is 6.83. The van der Waals surface area contributed by atoms with Crippen LogP contribution in [0.15, 0.2) is 192 Å². The van der Waals surface area contributed by atoms with Gasteiger partial charge in [-0.2, -0.15) is 9.97 Å². The molecular weight excluding hydrogens is 699 g/mol. The first-order chi connectivity index (χ1) is 28.3. The summed E-state index contributed by atoms with van der Waals surface area (Å²) in [4.78, 5) is 15.7. The van der Waals surface area contributed by atoms with E-state index in [9.17, 15) is 0 Å². The van der Waals surface area contributed by atoms with Crippen molar-refractivity contribution in [1.82, 2.24) is 24.1 Å². The molecule has 8 aromatic carbocycles. The van der Waals surface area contributed by atoms with Crippen molar-refractivity contribution in [2.45, 2.75) is 0 Å². The molecule has 0 spiro atoms. The fourth-order valence-electron chi connectivity index (χ4n) is 8.65. The summed E-state index contributed by atoms with van der Waals surface area (Å²) in [6, 6.07) is 65.6. The number of para-hydroxylation sites is 4. The summed E-state index contributed by atoms with van der Waals surface area (Å²) in [6.45, 7) is 0. The van der Waals surface area contributed by atoms with Crippen molar-refractivity contribution in [3.8, 4) is 45.5 Å². The van der Waals surface area contributed by atoms with Crippen LogP contribution in [-0.2, 0) is 0 Å². The van der Waals surface area contributed by atoms with Crippen molar-refractivity contribution in [2.24, 2.45) is 0 Å². The summed E-state index contributed by atoms with van der Waals surface area (Å²) in [6.07, 6.45) is 0. The zero-order chi connectivity index (χ0) is 37.5. The fourth-order valence-corrected chi connectivity index (χ4v) is 8.65. The highest BCUT2D eigenvalue weighted by molar-refractivity contribution is 6.15. The van der Waals surface area contributed by atoms with Crippen LogP contribution >= 0.6 is 0 Å². The lowest BCUT2D eigenvalue weighted by atomic mass is 9.98. The Labute approximate surface area is 326 Å². The van der Waals surface area contributed by atoms with Gasteiger partial charge in [0.05, 0.1) is 22.1 Å². The van der Waals surface area contributed by atoms with E-state index in [1.54, 1.807) is 0 Å². The van der Waals surface area contributed by atoms with Crippen molar-refractivity contribution in [3.63, 3.8) is 0 Å². The lowest BCUT2D eigenvalue weighted by Gasteiger charge is -2.12. The number of fused-ring (bicyclic) bond motifs is 9. The van der Waals surface area contributed by atoms with E-state index in [1.165, 1.54) is 5.39 Å². The van der Waals surface area contributed by atoms with E-state index in [4.69, 9.17) is 19.4 Å². The molecule has 0 unspecified atom stereocenters. The van der Waals surface area contributed by atoms with E-state index in [0.29, 0.717) is 17.6 Å². The summed E-state index contributed by atoms with van der Waals surface area (Å²) < 4.78 is 10.8. The molecule has 0 bridgehead atoms. The molecule has 0 saturated carbocycles. The second kappa shape index (κ2) is 12.3. The van der Waals surface area contributed by atoms with Gasteiger partial charge in [0, 0.05) is 49.1 Å². The second-order valence-electron chi connectivity index (χ2n) is 14.4. The first kappa shape index (κ1) is 31.5. The SMILES string of the molecule is c1ccc(-c2nc(-c3ccc4c(c3)c3ccccc3n4-c3ccccc3)nc(-n3c4ccccc4c4ccc(-c5cccc6oc7ccccc7c56)cc43)n2)cc1. The average Bonchev–Trinajstić information content (AvgIpc) is 3.94. The predicted octanol–water partition coefficient (Wildman–Crippen LogP) is 13.0. The minimum Gasteiger partial charge on any atom is -0.456 e. The van der Waals surface area contributed by atoms with Gasteiger partial charge < -0.3 is 8.98 Å². The number of aromatic nitrogens is 5. The quantitative estimate of drug-likeness (QED) is 0.177. The van der Waals surface area contributed by atoms with Crippen LogP contribution in [0.2, 0.25) is 0 Å². The highest BCUT2D eigenvalue weighted by Crippen LogP contribution is 2.40. The van der Waals surface area contributed by atoms with Crippen LogP contribution in [0.4, 0.5) is 0 Å². The van der Waals surface area contributed by atoms with Gasteiger partial charge in [-0.25, -0.2) is 4.98 Å². The van der Waals surface area contributed by atoms with Gasteiger partial charge in [-0.05, 0) is 71.8 Å². The van der Waals surface area contributed by atoms with E-state index in [1.807, 2.05) is 36.4 Å². The van der Waals surface area contributed by atoms with Crippen LogP contribution in [0, 0.1) is 0 Å². The summed E-state index contributed by atoms with van der Waals surface area (Å²) in [5.74, 6) is 1.77. The van der Waals surface area contributed by atoms with Crippen LogP contribution in [0.25, 0.3) is 111 Å². The van der Waals surface area contributed by atoms with E-state index in [-0.39, 0.29) is 0 Å². The lowest BCUT2D eigenvalue weighted by molar-refractivity contribution is 0.669. The molecule has 57 heavy (non-hydrogen) atoms. The molecule has 0 aliphatic rings. The van der Waals surface area contributed by atoms with Crippen LogP contribution in [0.3, 0.4) is 0 Å². The van der Waals surface area contributed by atoms with Gasteiger partial charge >= 0.3 is 0 Å². The van der Waals surface area contributed by atoms with Crippen LogP contribution < -0.4 is 0 Å². The summed E-state index contributed by atoms with van der Waals surface area (Å²) in [5.41, 5.74) is 11.2. The zero-order valence-corrected chi connectivity index (χ0v) is 30.5. The number of nitrogens with zero attached hydrogens (tertiary/aromatic N) is 5. The number of hydrogen-bond acceptors (Lipinski definition) is 4.